The molecule has 2 atom stereocenters. The largest absolute Gasteiger partial charge is 0.467 e. The number of esters is 1. The SMILES string of the molecule is CC[C@H](C)n1cc(/C=C2/SC(=O)N([C@H](C)C(=O)OC)C2=O)c2ccccc21. The average molecular weight is 386 g/mol. The Morgan fingerprint density at radius 2 is 1.96 bits per heavy atom. The Morgan fingerprint density at radius 1 is 1.26 bits per heavy atom. The molecule has 2 aromatic rings. The van der Waals surface area contributed by atoms with Crippen molar-refractivity contribution in [1.29, 1.82) is 0 Å². The van der Waals surface area contributed by atoms with E-state index in [1.165, 1.54) is 14.0 Å². The molecule has 0 radical (unpaired) electrons. The third-order valence-corrected chi connectivity index (χ3v) is 5.76. The lowest BCUT2D eigenvalue weighted by Gasteiger charge is -2.18. The molecule has 2 amide bonds. The highest BCUT2D eigenvalue weighted by Crippen LogP contribution is 2.36. The van der Waals surface area contributed by atoms with Crippen molar-refractivity contribution in [3.05, 3.63) is 40.9 Å². The Bertz CT molecular complexity index is 947. The summed E-state index contributed by atoms with van der Waals surface area (Å²) in [6.45, 7) is 5.75. The first-order valence-electron chi connectivity index (χ1n) is 8.83. The summed E-state index contributed by atoms with van der Waals surface area (Å²) in [5, 5.41) is 0.556. The maximum Gasteiger partial charge on any atom is 0.328 e. The van der Waals surface area contributed by atoms with Gasteiger partial charge in [0.2, 0.25) is 0 Å². The average Bonchev–Trinajstić information content (AvgIpc) is 3.17. The van der Waals surface area contributed by atoms with Crippen LogP contribution in [-0.4, -0.2) is 39.7 Å². The lowest BCUT2D eigenvalue weighted by atomic mass is 10.1. The summed E-state index contributed by atoms with van der Waals surface area (Å²) in [7, 11) is 1.23. The van der Waals surface area contributed by atoms with Gasteiger partial charge in [-0.15, -0.1) is 0 Å². The molecule has 6 nitrogen and oxygen atoms in total. The zero-order chi connectivity index (χ0) is 19.7. The van der Waals surface area contributed by atoms with E-state index in [0.29, 0.717) is 10.9 Å². The predicted octanol–water partition coefficient (Wildman–Crippen LogP) is 4.21. The van der Waals surface area contributed by atoms with Crippen molar-refractivity contribution in [3.63, 3.8) is 0 Å². The molecule has 27 heavy (non-hydrogen) atoms. The topological polar surface area (TPSA) is 68.6 Å². The first-order valence-corrected chi connectivity index (χ1v) is 9.65. The van der Waals surface area contributed by atoms with Crippen LogP contribution in [0.15, 0.2) is 35.4 Å². The number of thioether (sulfide) groups is 1. The fourth-order valence-corrected chi connectivity index (χ4v) is 4.04. The molecule has 0 saturated carbocycles. The van der Waals surface area contributed by atoms with Gasteiger partial charge in [-0.25, -0.2) is 4.79 Å². The van der Waals surface area contributed by atoms with Gasteiger partial charge in [-0.2, -0.15) is 0 Å². The van der Waals surface area contributed by atoms with Crippen molar-refractivity contribution in [1.82, 2.24) is 9.47 Å². The van der Waals surface area contributed by atoms with Crippen LogP contribution in [-0.2, 0) is 14.3 Å². The summed E-state index contributed by atoms with van der Waals surface area (Å²) in [5.41, 5.74) is 1.96. The van der Waals surface area contributed by atoms with Crippen LogP contribution in [0.2, 0.25) is 0 Å². The molecule has 0 unspecified atom stereocenters. The van der Waals surface area contributed by atoms with E-state index in [1.807, 2.05) is 30.5 Å². The summed E-state index contributed by atoms with van der Waals surface area (Å²) in [6.07, 6.45) is 4.72. The molecule has 142 valence electrons. The smallest absolute Gasteiger partial charge is 0.328 e. The number of para-hydroxylation sites is 1. The number of fused-ring (bicyclic) bond motifs is 1. The highest BCUT2D eigenvalue weighted by atomic mass is 32.2. The standard InChI is InChI=1S/C20H22N2O4S/c1-5-12(2)21-11-14(15-8-6-7-9-16(15)21)10-17-18(23)22(20(25)27-17)13(3)19(24)26-4/h6-13H,5H2,1-4H3/b17-10+/t12-,13+/m0/s1. The quantitative estimate of drug-likeness (QED) is 0.569. The van der Waals surface area contributed by atoms with Gasteiger partial charge in [0.25, 0.3) is 11.1 Å². The van der Waals surface area contributed by atoms with Crippen LogP contribution in [0.3, 0.4) is 0 Å². The van der Waals surface area contributed by atoms with E-state index in [9.17, 15) is 14.4 Å². The van der Waals surface area contributed by atoms with E-state index in [2.05, 4.69) is 23.2 Å². The first-order chi connectivity index (χ1) is 12.9. The van der Waals surface area contributed by atoms with Gasteiger partial charge in [0.15, 0.2) is 0 Å². The van der Waals surface area contributed by atoms with E-state index in [4.69, 9.17) is 0 Å². The number of ether oxygens (including phenoxy) is 1. The van der Waals surface area contributed by atoms with Gasteiger partial charge in [0, 0.05) is 28.7 Å². The minimum absolute atomic E-state index is 0.308. The number of methoxy groups -OCH3 is 1. The number of hydrogen-bond acceptors (Lipinski definition) is 5. The maximum absolute atomic E-state index is 12.7. The van der Waals surface area contributed by atoms with Gasteiger partial charge in [0.1, 0.15) is 6.04 Å². The molecule has 2 heterocycles. The Kier molecular flexibility index (Phi) is 5.41. The monoisotopic (exact) mass is 386 g/mol. The first kappa shape index (κ1) is 19.2. The number of aromatic nitrogens is 1. The number of rotatable bonds is 5. The van der Waals surface area contributed by atoms with E-state index in [-0.39, 0.29) is 0 Å². The van der Waals surface area contributed by atoms with Crippen molar-refractivity contribution in [3.8, 4) is 0 Å². The molecule has 1 aliphatic heterocycles. The molecule has 0 aliphatic carbocycles. The third kappa shape index (κ3) is 3.39. The van der Waals surface area contributed by atoms with Gasteiger partial charge in [0.05, 0.1) is 12.0 Å². The van der Waals surface area contributed by atoms with Gasteiger partial charge >= 0.3 is 5.97 Å². The Hall–Kier alpha value is -2.54. The van der Waals surface area contributed by atoms with Crippen LogP contribution >= 0.6 is 11.8 Å². The van der Waals surface area contributed by atoms with Crippen LogP contribution in [0, 0.1) is 0 Å². The molecule has 1 saturated heterocycles. The molecule has 1 aliphatic rings. The van der Waals surface area contributed by atoms with Crippen LogP contribution < -0.4 is 0 Å². The van der Waals surface area contributed by atoms with E-state index in [1.54, 1.807) is 6.08 Å². The Balaban J connectivity index is 2.02. The number of benzene rings is 1. The van der Waals surface area contributed by atoms with Gasteiger partial charge in [-0.05, 0) is 44.2 Å². The van der Waals surface area contributed by atoms with E-state index >= 15 is 0 Å². The summed E-state index contributed by atoms with van der Waals surface area (Å²) in [4.78, 5) is 38.0. The van der Waals surface area contributed by atoms with Crippen molar-refractivity contribution >= 4 is 45.9 Å². The summed E-state index contributed by atoms with van der Waals surface area (Å²) in [6, 6.07) is 7.34. The zero-order valence-corrected chi connectivity index (χ0v) is 16.6. The number of carbonyl (C=O) groups excluding carboxylic acids is 3. The van der Waals surface area contributed by atoms with Crippen LogP contribution in [0.1, 0.15) is 38.8 Å². The van der Waals surface area contributed by atoms with Gasteiger partial charge < -0.3 is 9.30 Å². The summed E-state index contributed by atoms with van der Waals surface area (Å²) in [5.74, 6) is -1.09. The van der Waals surface area contributed by atoms with Crippen molar-refractivity contribution < 1.29 is 19.1 Å². The highest BCUT2D eigenvalue weighted by Gasteiger charge is 2.41. The molecular weight excluding hydrogens is 364 g/mol. The lowest BCUT2D eigenvalue weighted by Crippen LogP contribution is -2.42. The molecule has 1 aromatic carbocycles. The molecule has 0 spiro atoms. The normalized spacial score (nSPS) is 18.4. The van der Waals surface area contributed by atoms with E-state index in [0.717, 1.165) is 39.5 Å². The Labute approximate surface area is 162 Å². The molecule has 1 aromatic heterocycles. The second-order valence-corrected chi connectivity index (χ2v) is 7.51. The Morgan fingerprint density at radius 3 is 2.63 bits per heavy atom. The maximum atomic E-state index is 12.7. The summed E-state index contributed by atoms with van der Waals surface area (Å²) < 4.78 is 6.84. The van der Waals surface area contributed by atoms with Gasteiger partial charge in [-0.1, -0.05) is 25.1 Å². The minimum Gasteiger partial charge on any atom is -0.467 e. The second kappa shape index (κ2) is 7.60. The molecule has 3 rings (SSSR count). The summed E-state index contributed by atoms with van der Waals surface area (Å²) >= 11 is 0.846. The van der Waals surface area contributed by atoms with Gasteiger partial charge in [-0.3, -0.25) is 14.5 Å². The fourth-order valence-electron chi connectivity index (χ4n) is 3.14. The van der Waals surface area contributed by atoms with Crippen molar-refractivity contribution in [2.24, 2.45) is 0 Å². The number of carbonyl (C=O) groups is 3. The van der Waals surface area contributed by atoms with Crippen molar-refractivity contribution in [2.75, 3.05) is 7.11 Å². The molecule has 7 heteroatoms. The molecule has 0 N–H and O–H groups in total. The highest BCUT2D eigenvalue weighted by molar-refractivity contribution is 8.18. The predicted molar refractivity (Wildman–Crippen MR) is 106 cm³/mol. The molecule has 0 bridgehead atoms. The number of hydrogen-bond donors (Lipinski definition) is 0. The molecular formula is C20H22N2O4S. The lowest BCUT2D eigenvalue weighted by molar-refractivity contribution is -0.148. The van der Waals surface area contributed by atoms with Crippen LogP contribution in [0.5, 0.6) is 0 Å². The molecule has 1 fully saturated rings. The minimum atomic E-state index is -0.949. The number of imide groups is 1. The van der Waals surface area contributed by atoms with E-state index < -0.39 is 23.2 Å². The van der Waals surface area contributed by atoms with Crippen LogP contribution in [0.25, 0.3) is 17.0 Å². The fraction of sp³-hybridized carbons (Fsp3) is 0.350. The number of nitrogens with zero attached hydrogens (tertiary/aromatic N) is 2. The number of amides is 2. The second-order valence-electron chi connectivity index (χ2n) is 6.52. The van der Waals surface area contributed by atoms with Crippen LogP contribution in [0.4, 0.5) is 4.79 Å². The van der Waals surface area contributed by atoms with Crippen molar-refractivity contribution in [2.45, 2.75) is 39.3 Å². The zero-order valence-electron chi connectivity index (χ0n) is 15.8. The third-order valence-electron chi connectivity index (χ3n) is 4.88.